The van der Waals surface area contributed by atoms with Crippen LogP contribution in [-0.4, -0.2) is 9.52 Å². The average Bonchev–Trinajstić information content (AvgIpc) is 2.40. The predicted molar refractivity (Wildman–Crippen MR) is 75.4 cm³/mol. The predicted octanol–water partition coefficient (Wildman–Crippen LogP) is 4.68. The summed E-state index contributed by atoms with van der Waals surface area (Å²) in [5.41, 5.74) is 2.44. The Bertz CT molecular complexity index is 353. The van der Waals surface area contributed by atoms with Crippen molar-refractivity contribution >= 4 is 9.52 Å². The van der Waals surface area contributed by atoms with E-state index in [2.05, 4.69) is 6.92 Å². The molecule has 1 aliphatic rings. The van der Waals surface area contributed by atoms with Crippen LogP contribution in [-0.2, 0) is 0 Å². The molecule has 1 fully saturated rings. The van der Waals surface area contributed by atoms with Gasteiger partial charge in [0.15, 0.2) is 0 Å². The number of alkyl halides is 2. The third-order valence-corrected chi connectivity index (χ3v) is 6.41. The highest BCUT2D eigenvalue weighted by atomic mass is 28.2. The van der Waals surface area contributed by atoms with Gasteiger partial charge in [0.2, 0.25) is 0 Å². The Morgan fingerprint density at radius 3 is 2.22 bits per heavy atom. The minimum absolute atomic E-state index is 0.144. The maximum Gasteiger partial charge on any atom is 0.263 e. The largest absolute Gasteiger partial charge is 0.263 e. The molecule has 18 heavy (non-hydrogen) atoms. The van der Waals surface area contributed by atoms with Crippen LogP contribution in [0.3, 0.4) is 0 Å². The first-order valence-electron chi connectivity index (χ1n) is 7.08. The van der Waals surface area contributed by atoms with Crippen LogP contribution in [0.2, 0.25) is 11.6 Å². The van der Waals surface area contributed by atoms with Crippen molar-refractivity contribution in [1.82, 2.24) is 0 Å². The molecule has 1 aromatic carbocycles. The lowest BCUT2D eigenvalue weighted by molar-refractivity contribution is 0.151. The third-order valence-electron chi connectivity index (χ3n) is 4.20. The minimum Gasteiger partial charge on any atom is -0.205 e. The third kappa shape index (κ3) is 3.41. The van der Waals surface area contributed by atoms with Crippen LogP contribution in [0.25, 0.3) is 0 Å². The van der Waals surface area contributed by atoms with Crippen molar-refractivity contribution in [2.45, 2.75) is 56.5 Å². The fraction of sp³-hybridized carbons (Fsp3) is 0.600. The van der Waals surface area contributed by atoms with Crippen molar-refractivity contribution in [1.29, 1.82) is 0 Å². The van der Waals surface area contributed by atoms with Crippen molar-refractivity contribution in [2.75, 3.05) is 0 Å². The van der Waals surface area contributed by atoms with Gasteiger partial charge in [0, 0.05) is 15.1 Å². The van der Waals surface area contributed by atoms with Crippen molar-refractivity contribution < 1.29 is 8.78 Å². The van der Waals surface area contributed by atoms with Crippen LogP contribution in [0.1, 0.15) is 56.1 Å². The van der Waals surface area contributed by atoms with E-state index in [0.717, 1.165) is 5.54 Å². The summed E-state index contributed by atoms with van der Waals surface area (Å²) in [5.74, 6) is 0.610. The van der Waals surface area contributed by atoms with Crippen LogP contribution in [0.5, 0.6) is 0 Å². The smallest absolute Gasteiger partial charge is 0.205 e. The summed E-state index contributed by atoms with van der Waals surface area (Å²) in [5, 5.41) is 0. The lowest BCUT2D eigenvalue weighted by Crippen LogP contribution is -2.13. The van der Waals surface area contributed by atoms with Crippen LogP contribution in [0.4, 0.5) is 8.78 Å². The molecule has 0 heterocycles. The molecule has 1 aliphatic carbocycles. The molecule has 0 amide bonds. The summed E-state index contributed by atoms with van der Waals surface area (Å²) in [6.45, 7) is 2.31. The standard InChI is InChI=1S/C15H22F2Si/c1-2-18-14-9-7-12(8-10-14)11-3-5-13(6-4-11)15(16)17/h3-6,12,14-15H,2,7-10,18H2,1H3. The summed E-state index contributed by atoms with van der Waals surface area (Å²) in [6, 6.07) is 8.41. The second-order valence-electron chi connectivity index (χ2n) is 5.47. The average molecular weight is 268 g/mol. The Labute approximate surface area is 111 Å². The number of hydrogen-bond acceptors (Lipinski definition) is 0. The molecule has 0 N–H and O–H groups in total. The molecule has 0 spiro atoms. The van der Waals surface area contributed by atoms with Gasteiger partial charge in [-0.25, -0.2) is 8.78 Å². The van der Waals surface area contributed by atoms with Crippen LogP contribution in [0, 0.1) is 0 Å². The summed E-state index contributed by atoms with van der Waals surface area (Å²) in [4.78, 5) is 0. The van der Waals surface area contributed by atoms with Crippen molar-refractivity contribution in [3.05, 3.63) is 35.4 Å². The van der Waals surface area contributed by atoms with Crippen LogP contribution in [0.15, 0.2) is 24.3 Å². The normalized spacial score (nSPS) is 25.1. The molecule has 0 atom stereocenters. The van der Waals surface area contributed by atoms with Gasteiger partial charge >= 0.3 is 0 Å². The highest BCUT2D eigenvalue weighted by Crippen LogP contribution is 2.38. The summed E-state index contributed by atoms with van der Waals surface area (Å²) in [7, 11) is 0.157. The Hall–Kier alpha value is -0.703. The minimum atomic E-state index is -2.34. The zero-order valence-corrected chi connectivity index (χ0v) is 12.5. The van der Waals surface area contributed by atoms with Crippen LogP contribution < -0.4 is 0 Å². The summed E-state index contributed by atoms with van der Waals surface area (Å²) < 4.78 is 25.0. The maximum atomic E-state index is 12.5. The molecule has 1 aromatic rings. The molecule has 0 nitrogen and oxygen atoms in total. The zero-order chi connectivity index (χ0) is 13.0. The second-order valence-corrected chi connectivity index (χ2v) is 8.21. The first kappa shape index (κ1) is 13.7. The van der Waals surface area contributed by atoms with Crippen molar-refractivity contribution in [3.63, 3.8) is 0 Å². The fourth-order valence-corrected chi connectivity index (χ4v) is 4.97. The Morgan fingerprint density at radius 2 is 1.72 bits per heavy atom. The molecule has 0 radical (unpaired) electrons. The van der Waals surface area contributed by atoms with E-state index < -0.39 is 6.43 Å². The highest BCUT2D eigenvalue weighted by Gasteiger charge is 2.22. The van der Waals surface area contributed by atoms with Gasteiger partial charge in [0.25, 0.3) is 6.43 Å². The fourth-order valence-electron chi connectivity index (χ4n) is 3.11. The van der Waals surface area contributed by atoms with E-state index in [-0.39, 0.29) is 15.1 Å². The Morgan fingerprint density at radius 1 is 1.11 bits per heavy atom. The molecule has 0 bridgehead atoms. The van der Waals surface area contributed by atoms with Gasteiger partial charge in [0.05, 0.1) is 0 Å². The van der Waals surface area contributed by atoms with E-state index in [0.29, 0.717) is 5.92 Å². The molecule has 0 aromatic heterocycles. The van der Waals surface area contributed by atoms with Gasteiger partial charge in [-0.15, -0.1) is 0 Å². The molecular weight excluding hydrogens is 246 g/mol. The lowest BCUT2D eigenvalue weighted by Gasteiger charge is -2.28. The number of hydrogen-bond donors (Lipinski definition) is 0. The lowest BCUT2D eigenvalue weighted by atomic mass is 9.83. The molecule has 0 unspecified atom stereocenters. The van der Waals surface area contributed by atoms with Gasteiger partial charge in [-0.1, -0.05) is 55.6 Å². The van der Waals surface area contributed by atoms with Gasteiger partial charge in [0.1, 0.15) is 0 Å². The summed E-state index contributed by atoms with van der Waals surface area (Å²) in [6.07, 6.45) is 2.89. The maximum absolute atomic E-state index is 12.5. The van der Waals surface area contributed by atoms with E-state index in [4.69, 9.17) is 0 Å². The topological polar surface area (TPSA) is 0 Å². The molecule has 0 saturated heterocycles. The molecule has 3 heteroatoms. The van der Waals surface area contributed by atoms with E-state index in [1.54, 1.807) is 12.1 Å². The first-order chi connectivity index (χ1) is 8.70. The second kappa shape index (κ2) is 6.46. The van der Waals surface area contributed by atoms with Gasteiger partial charge in [-0.2, -0.15) is 0 Å². The van der Waals surface area contributed by atoms with E-state index in [1.807, 2.05) is 12.1 Å². The quantitative estimate of drug-likeness (QED) is 0.696. The van der Waals surface area contributed by atoms with E-state index in [1.165, 1.54) is 37.3 Å². The Balaban J connectivity index is 1.93. The zero-order valence-electron chi connectivity index (χ0n) is 11.0. The first-order valence-corrected chi connectivity index (χ1v) is 8.90. The Kier molecular flexibility index (Phi) is 4.92. The SMILES string of the molecule is CC[SiH2]C1CCC(c2ccc(C(F)F)cc2)CC1. The molecule has 0 aliphatic heterocycles. The van der Waals surface area contributed by atoms with E-state index in [9.17, 15) is 8.78 Å². The van der Waals surface area contributed by atoms with Crippen molar-refractivity contribution in [2.24, 2.45) is 0 Å². The molecule has 2 rings (SSSR count). The van der Waals surface area contributed by atoms with Gasteiger partial charge < -0.3 is 0 Å². The van der Waals surface area contributed by atoms with Gasteiger partial charge in [-0.05, 0) is 24.3 Å². The molecule has 100 valence electrons. The number of halogens is 2. The summed E-state index contributed by atoms with van der Waals surface area (Å²) >= 11 is 0. The van der Waals surface area contributed by atoms with Crippen molar-refractivity contribution in [3.8, 4) is 0 Å². The molecular formula is C15H22F2Si. The number of rotatable bonds is 4. The number of benzene rings is 1. The monoisotopic (exact) mass is 268 g/mol. The van der Waals surface area contributed by atoms with Crippen LogP contribution >= 0.6 is 0 Å². The molecule has 1 saturated carbocycles. The van der Waals surface area contributed by atoms with E-state index >= 15 is 0 Å². The van der Waals surface area contributed by atoms with Gasteiger partial charge in [-0.3, -0.25) is 0 Å². The highest BCUT2D eigenvalue weighted by molar-refractivity contribution is 6.37.